The number of benzene rings is 1. The van der Waals surface area contributed by atoms with Crippen molar-refractivity contribution in [1.29, 1.82) is 0 Å². The maximum Gasteiger partial charge on any atom is 0.251 e. The zero-order chi connectivity index (χ0) is 15.5. The molecule has 2 heterocycles. The molecule has 0 fully saturated rings. The zero-order valence-corrected chi connectivity index (χ0v) is 12.6. The Morgan fingerprint density at radius 3 is 2.73 bits per heavy atom. The Bertz CT molecular complexity index is 787. The van der Waals surface area contributed by atoms with Gasteiger partial charge < -0.3 is 9.73 Å². The van der Waals surface area contributed by atoms with Crippen LogP contribution >= 0.6 is 11.8 Å². The first-order chi connectivity index (χ1) is 10.6. The predicted molar refractivity (Wildman–Crippen MR) is 81.6 cm³/mol. The highest BCUT2D eigenvalue weighted by Gasteiger charge is 2.15. The summed E-state index contributed by atoms with van der Waals surface area (Å²) in [6.45, 7) is 1.90. The van der Waals surface area contributed by atoms with Gasteiger partial charge in [0, 0.05) is 23.3 Å². The van der Waals surface area contributed by atoms with Crippen LogP contribution in [0.25, 0.3) is 11.3 Å². The minimum absolute atomic E-state index is 0.291. The molecule has 6 heteroatoms. The van der Waals surface area contributed by atoms with Crippen molar-refractivity contribution in [2.45, 2.75) is 17.7 Å². The molecule has 0 N–H and O–H groups in total. The van der Waals surface area contributed by atoms with Crippen molar-refractivity contribution in [3.8, 4) is 11.3 Å². The highest BCUT2D eigenvalue weighted by atomic mass is 32.2. The van der Waals surface area contributed by atoms with E-state index in [1.165, 1.54) is 30.1 Å². The van der Waals surface area contributed by atoms with Crippen molar-refractivity contribution in [3.63, 3.8) is 0 Å². The number of rotatable bonds is 4. The Morgan fingerprint density at radius 2 is 2.00 bits per heavy atom. The minimum Gasteiger partial charge on any atom is -0.618 e. The van der Waals surface area contributed by atoms with Gasteiger partial charge >= 0.3 is 0 Å². The molecule has 3 aromatic rings. The van der Waals surface area contributed by atoms with E-state index >= 15 is 0 Å². The average molecular weight is 316 g/mol. The first kappa shape index (κ1) is 14.6. The smallest absolute Gasteiger partial charge is 0.251 e. The summed E-state index contributed by atoms with van der Waals surface area (Å²) >= 11 is 1.39. The number of thioether (sulfide) groups is 1. The van der Waals surface area contributed by atoms with E-state index in [4.69, 9.17) is 4.52 Å². The second kappa shape index (κ2) is 6.19. The van der Waals surface area contributed by atoms with Crippen molar-refractivity contribution in [3.05, 3.63) is 70.9 Å². The number of aromatic nitrogens is 2. The SMILES string of the molecule is Cc1c(CSc2cccc[n+]2[O-])noc1-c1ccc(F)cc1. The van der Waals surface area contributed by atoms with Gasteiger partial charge in [-0.15, -0.1) is 0 Å². The van der Waals surface area contributed by atoms with E-state index in [0.717, 1.165) is 21.6 Å². The molecule has 0 aliphatic rings. The van der Waals surface area contributed by atoms with Gasteiger partial charge in [-0.3, -0.25) is 0 Å². The van der Waals surface area contributed by atoms with Crippen LogP contribution in [0.3, 0.4) is 0 Å². The number of hydrogen-bond donors (Lipinski definition) is 0. The predicted octanol–water partition coefficient (Wildman–Crippen LogP) is 3.71. The van der Waals surface area contributed by atoms with Crippen molar-refractivity contribution in [1.82, 2.24) is 5.16 Å². The molecule has 0 unspecified atom stereocenters. The Hall–Kier alpha value is -2.34. The molecule has 3 rings (SSSR count). The van der Waals surface area contributed by atoms with E-state index < -0.39 is 0 Å². The Labute approximate surface area is 131 Å². The van der Waals surface area contributed by atoms with E-state index in [2.05, 4.69) is 5.16 Å². The van der Waals surface area contributed by atoms with Gasteiger partial charge in [0.25, 0.3) is 5.03 Å². The van der Waals surface area contributed by atoms with Crippen LogP contribution in [0.5, 0.6) is 0 Å². The van der Waals surface area contributed by atoms with Crippen molar-refractivity contribution < 1.29 is 13.6 Å². The molecule has 0 saturated carbocycles. The van der Waals surface area contributed by atoms with Crippen LogP contribution in [0.15, 0.2) is 58.2 Å². The van der Waals surface area contributed by atoms with E-state index in [-0.39, 0.29) is 5.82 Å². The van der Waals surface area contributed by atoms with Crippen LogP contribution in [0.4, 0.5) is 4.39 Å². The number of nitrogens with zero attached hydrogens (tertiary/aromatic N) is 2. The van der Waals surface area contributed by atoms with Crippen LogP contribution in [0, 0.1) is 17.9 Å². The van der Waals surface area contributed by atoms with E-state index in [9.17, 15) is 9.60 Å². The summed E-state index contributed by atoms with van der Waals surface area (Å²) in [6.07, 6.45) is 1.46. The molecule has 112 valence electrons. The third-order valence-electron chi connectivity index (χ3n) is 3.27. The summed E-state index contributed by atoms with van der Waals surface area (Å²) in [5.41, 5.74) is 2.45. The lowest BCUT2D eigenvalue weighted by molar-refractivity contribution is -0.645. The Morgan fingerprint density at radius 1 is 1.23 bits per heavy atom. The zero-order valence-electron chi connectivity index (χ0n) is 11.8. The van der Waals surface area contributed by atoms with Crippen molar-refractivity contribution in [2.24, 2.45) is 0 Å². The lowest BCUT2D eigenvalue weighted by atomic mass is 10.1. The number of hydrogen-bond acceptors (Lipinski definition) is 4. The molecule has 1 aromatic carbocycles. The molecule has 0 amide bonds. The molecular weight excluding hydrogens is 303 g/mol. The highest BCUT2D eigenvalue weighted by molar-refractivity contribution is 7.98. The van der Waals surface area contributed by atoms with E-state index in [1.807, 2.05) is 13.0 Å². The summed E-state index contributed by atoms with van der Waals surface area (Å²) in [5.74, 6) is 0.863. The Balaban J connectivity index is 1.79. The average Bonchev–Trinajstić information content (AvgIpc) is 2.88. The van der Waals surface area contributed by atoms with Gasteiger partial charge in [0.1, 0.15) is 5.82 Å². The van der Waals surface area contributed by atoms with Crippen molar-refractivity contribution >= 4 is 11.8 Å². The molecule has 0 bridgehead atoms. The summed E-state index contributed by atoms with van der Waals surface area (Å²) in [5, 5.41) is 16.3. The molecule has 0 spiro atoms. The third kappa shape index (κ3) is 2.96. The van der Waals surface area contributed by atoms with Gasteiger partial charge in [-0.05, 0) is 49.0 Å². The van der Waals surface area contributed by atoms with Crippen molar-refractivity contribution in [2.75, 3.05) is 0 Å². The Kier molecular flexibility index (Phi) is 4.11. The highest BCUT2D eigenvalue weighted by Crippen LogP contribution is 2.29. The molecule has 0 saturated heterocycles. The normalized spacial score (nSPS) is 10.8. The van der Waals surface area contributed by atoms with E-state index in [0.29, 0.717) is 16.5 Å². The fourth-order valence-electron chi connectivity index (χ4n) is 2.04. The van der Waals surface area contributed by atoms with Gasteiger partial charge in [-0.1, -0.05) is 5.16 Å². The fourth-order valence-corrected chi connectivity index (χ4v) is 2.96. The molecule has 2 aromatic heterocycles. The lowest BCUT2D eigenvalue weighted by Crippen LogP contribution is -2.27. The topological polar surface area (TPSA) is 53.0 Å². The first-order valence-electron chi connectivity index (χ1n) is 6.67. The van der Waals surface area contributed by atoms with Gasteiger partial charge in [0.2, 0.25) is 0 Å². The third-order valence-corrected chi connectivity index (χ3v) is 4.30. The largest absolute Gasteiger partial charge is 0.618 e. The summed E-state index contributed by atoms with van der Waals surface area (Å²) in [6, 6.07) is 11.3. The van der Waals surface area contributed by atoms with Crippen LogP contribution in [-0.4, -0.2) is 5.16 Å². The van der Waals surface area contributed by atoms with Gasteiger partial charge in [-0.2, -0.15) is 4.73 Å². The summed E-state index contributed by atoms with van der Waals surface area (Å²) in [7, 11) is 0. The van der Waals surface area contributed by atoms with Gasteiger partial charge in [0.05, 0.1) is 11.4 Å². The monoisotopic (exact) mass is 316 g/mol. The lowest BCUT2D eigenvalue weighted by Gasteiger charge is -2.02. The number of pyridine rings is 1. The fraction of sp³-hybridized carbons (Fsp3) is 0.125. The number of halogens is 1. The van der Waals surface area contributed by atoms with Gasteiger partial charge in [-0.25, -0.2) is 4.39 Å². The second-order valence-corrected chi connectivity index (χ2v) is 5.74. The molecular formula is C16H13FN2O2S. The summed E-state index contributed by atoms with van der Waals surface area (Å²) < 4.78 is 19.2. The molecule has 0 radical (unpaired) electrons. The van der Waals surface area contributed by atoms with Crippen LogP contribution in [-0.2, 0) is 5.75 Å². The van der Waals surface area contributed by atoms with E-state index in [1.54, 1.807) is 24.3 Å². The second-order valence-electron chi connectivity index (χ2n) is 4.74. The molecule has 22 heavy (non-hydrogen) atoms. The summed E-state index contributed by atoms with van der Waals surface area (Å²) in [4.78, 5) is 0. The maximum atomic E-state index is 13.0. The molecule has 0 aliphatic carbocycles. The first-order valence-corrected chi connectivity index (χ1v) is 7.66. The maximum absolute atomic E-state index is 13.0. The van der Waals surface area contributed by atoms with Gasteiger partial charge in [0.15, 0.2) is 12.0 Å². The minimum atomic E-state index is -0.291. The standard InChI is InChI=1S/C16H13FN2O2S/c1-11-14(10-22-15-4-2-3-9-19(15)20)18-21-16(11)12-5-7-13(17)8-6-12/h2-9H,10H2,1H3. The molecule has 0 aliphatic heterocycles. The molecule has 0 atom stereocenters. The van der Waals surface area contributed by atoms with Crippen LogP contribution in [0.1, 0.15) is 11.3 Å². The van der Waals surface area contributed by atoms with Crippen LogP contribution < -0.4 is 4.73 Å². The quantitative estimate of drug-likeness (QED) is 0.418. The van der Waals surface area contributed by atoms with Crippen LogP contribution in [0.2, 0.25) is 0 Å². The molecule has 4 nitrogen and oxygen atoms in total.